The second-order valence-corrected chi connectivity index (χ2v) is 5.15. The molecule has 0 bridgehead atoms. The molecule has 1 aromatic carbocycles. The van der Waals surface area contributed by atoms with E-state index >= 15 is 0 Å². The summed E-state index contributed by atoms with van der Waals surface area (Å²) >= 11 is 0. The van der Waals surface area contributed by atoms with Crippen molar-refractivity contribution in [1.82, 2.24) is 4.98 Å². The number of rotatable bonds is 5. The highest BCUT2D eigenvalue weighted by molar-refractivity contribution is 6.10. The lowest BCUT2D eigenvalue weighted by molar-refractivity contribution is -0.114. The van der Waals surface area contributed by atoms with E-state index in [2.05, 4.69) is 15.6 Å². The summed E-state index contributed by atoms with van der Waals surface area (Å²) in [6, 6.07) is 9.93. The average Bonchev–Trinajstić information content (AvgIpc) is 2.56. The zero-order valence-electron chi connectivity index (χ0n) is 13.4. The van der Waals surface area contributed by atoms with Crippen molar-refractivity contribution >= 4 is 29.0 Å². The van der Waals surface area contributed by atoms with Crippen LogP contribution in [0.1, 0.15) is 24.2 Å². The van der Waals surface area contributed by atoms with Crippen LogP contribution in [0.2, 0.25) is 0 Å². The number of nitrogens with one attached hydrogen (secondary N) is 2. The monoisotopic (exact) mass is 323 g/mol. The first-order chi connectivity index (χ1) is 11.5. The molecule has 0 fully saturated rings. The summed E-state index contributed by atoms with van der Waals surface area (Å²) in [7, 11) is 0. The first-order valence-corrected chi connectivity index (χ1v) is 7.27. The van der Waals surface area contributed by atoms with Gasteiger partial charge in [-0.25, -0.2) is 0 Å². The van der Waals surface area contributed by atoms with Crippen molar-refractivity contribution in [3.05, 3.63) is 66.0 Å². The van der Waals surface area contributed by atoms with Crippen molar-refractivity contribution in [2.75, 3.05) is 10.6 Å². The van der Waals surface area contributed by atoms with Gasteiger partial charge in [0.1, 0.15) is 0 Å². The Morgan fingerprint density at radius 3 is 2.25 bits per heavy atom. The van der Waals surface area contributed by atoms with E-state index in [0.717, 1.165) is 0 Å². The summed E-state index contributed by atoms with van der Waals surface area (Å²) in [5.74, 6) is -0.856. The second-order valence-electron chi connectivity index (χ2n) is 5.15. The number of nitrogens with zero attached hydrogens (tertiary/aromatic N) is 1. The van der Waals surface area contributed by atoms with Crippen molar-refractivity contribution in [3.63, 3.8) is 0 Å². The number of aromatic nitrogens is 1. The van der Waals surface area contributed by atoms with Gasteiger partial charge in [0.05, 0.1) is 11.9 Å². The Labute approximate surface area is 139 Å². The number of hydrogen-bond donors (Lipinski definition) is 2. The van der Waals surface area contributed by atoms with Crippen LogP contribution in [-0.4, -0.2) is 22.6 Å². The van der Waals surface area contributed by atoms with E-state index in [1.54, 1.807) is 49.5 Å². The van der Waals surface area contributed by atoms with Gasteiger partial charge in [-0.3, -0.25) is 19.4 Å². The zero-order valence-corrected chi connectivity index (χ0v) is 13.4. The van der Waals surface area contributed by atoms with Crippen LogP contribution in [0.15, 0.2) is 60.4 Å². The van der Waals surface area contributed by atoms with Gasteiger partial charge < -0.3 is 10.6 Å². The molecule has 1 heterocycles. The number of carbonyl (C=O) groups excluding carboxylic acids is 3. The number of ketones is 1. The summed E-state index contributed by atoms with van der Waals surface area (Å²) < 4.78 is 0. The fourth-order valence-electron chi connectivity index (χ4n) is 1.90. The van der Waals surface area contributed by atoms with E-state index in [0.29, 0.717) is 16.9 Å². The van der Waals surface area contributed by atoms with Gasteiger partial charge in [-0.05, 0) is 50.2 Å². The standard InChI is InChI=1S/C18H17N3O3/c1-12(18(24)21-16-4-3-9-19-11-16)10-17(23)20-15-7-5-14(6-8-15)13(2)22/h3-11H,1-2H3,(H,20,23)(H,21,24)/b12-10-. The Hall–Kier alpha value is -3.28. The predicted octanol–water partition coefficient (Wildman–Crippen LogP) is 2.81. The quantitative estimate of drug-likeness (QED) is 0.654. The lowest BCUT2D eigenvalue weighted by Gasteiger charge is -2.06. The van der Waals surface area contributed by atoms with E-state index in [-0.39, 0.29) is 17.3 Å². The molecule has 6 heteroatoms. The largest absolute Gasteiger partial charge is 0.323 e. The number of carbonyl (C=O) groups is 3. The van der Waals surface area contributed by atoms with E-state index in [4.69, 9.17) is 0 Å². The van der Waals surface area contributed by atoms with Crippen LogP contribution in [0, 0.1) is 0 Å². The number of Topliss-reactive ketones (excluding diaryl/α,β-unsaturated/α-hetero) is 1. The molecule has 0 aliphatic rings. The molecule has 2 amide bonds. The summed E-state index contributed by atoms with van der Waals surface area (Å²) in [6.45, 7) is 3.02. The molecule has 1 aromatic heterocycles. The molecule has 0 saturated heterocycles. The van der Waals surface area contributed by atoms with Gasteiger partial charge in [-0.2, -0.15) is 0 Å². The molecule has 0 aliphatic heterocycles. The Morgan fingerprint density at radius 1 is 0.958 bits per heavy atom. The molecule has 2 aromatic rings. The van der Waals surface area contributed by atoms with Gasteiger partial charge in [-0.15, -0.1) is 0 Å². The molecule has 6 nitrogen and oxygen atoms in total. The first kappa shape index (κ1) is 17.1. The van der Waals surface area contributed by atoms with Crippen molar-refractivity contribution in [1.29, 1.82) is 0 Å². The van der Waals surface area contributed by atoms with E-state index in [1.165, 1.54) is 19.2 Å². The van der Waals surface area contributed by atoms with E-state index < -0.39 is 5.91 Å². The molecule has 24 heavy (non-hydrogen) atoms. The van der Waals surface area contributed by atoms with Gasteiger partial charge in [-0.1, -0.05) is 0 Å². The molecule has 0 unspecified atom stereocenters. The third-order valence-corrected chi connectivity index (χ3v) is 3.18. The van der Waals surface area contributed by atoms with E-state index in [9.17, 15) is 14.4 Å². The van der Waals surface area contributed by atoms with Crippen molar-refractivity contribution in [2.24, 2.45) is 0 Å². The maximum Gasteiger partial charge on any atom is 0.251 e. The van der Waals surface area contributed by atoms with Crippen LogP contribution in [0.5, 0.6) is 0 Å². The Kier molecular flexibility index (Phi) is 5.57. The molecule has 0 aliphatic carbocycles. The molecule has 0 radical (unpaired) electrons. The normalized spacial score (nSPS) is 10.8. The van der Waals surface area contributed by atoms with Crippen LogP contribution in [0.4, 0.5) is 11.4 Å². The molecule has 2 N–H and O–H groups in total. The Balaban J connectivity index is 1.97. The smallest absolute Gasteiger partial charge is 0.251 e. The summed E-state index contributed by atoms with van der Waals surface area (Å²) in [4.78, 5) is 39.0. The third kappa shape index (κ3) is 4.88. The third-order valence-electron chi connectivity index (χ3n) is 3.18. The van der Waals surface area contributed by atoms with Crippen LogP contribution in [0.3, 0.4) is 0 Å². The topological polar surface area (TPSA) is 88.2 Å². The number of hydrogen-bond acceptors (Lipinski definition) is 4. The van der Waals surface area contributed by atoms with Gasteiger partial charge in [0.25, 0.3) is 5.91 Å². The molecule has 0 atom stereocenters. The van der Waals surface area contributed by atoms with Crippen LogP contribution in [0.25, 0.3) is 0 Å². The molecule has 0 saturated carbocycles. The van der Waals surface area contributed by atoms with Crippen molar-refractivity contribution in [3.8, 4) is 0 Å². The lowest BCUT2D eigenvalue weighted by atomic mass is 10.1. The minimum Gasteiger partial charge on any atom is -0.323 e. The minimum atomic E-state index is -0.426. The average molecular weight is 323 g/mol. The highest BCUT2D eigenvalue weighted by Crippen LogP contribution is 2.11. The van der Waals surface area contributed by atoms with E-state index in [1.807, 2.05) is 0 Å². The lowest BCUT2D eigenvalue weighted by Crippen LogP contribution is -2.16. The maximum atomic E-state index is 12.0. The second kappa shape index (κ2) is 7.82. The van der Waals surface area contributed by atoms with Crippen LogP contribution < -0.4 is 10.6 Å². The molecule has 2 rings (SSSR count). The van der Waals surface area contributed by atoms with Gasteiger partial charge in [0.2, 0.25) is 5.91 Å². The van der Waals surface area contributed by atoms with Gasteiger partial charge >= 0.3 is 0 Å². The summed E-state index contributed by atoms with van der Waals surface area (Å²) in [6.07, 6.45) is 4.33. The SMILES string of the molecule is CC(=O)c1ccc(NC(=O)/C=C(/C)C(=O)Nc2cccnc2)cc1. The van der Waals surface area contributed by atoms with Crippen LogP contribution in [-0.2, 0) is 9.59 Å². The van der Waals surface area contributed by atoms with Crippen LogP contribution >= 0.6 is 0 Å². The maximum absolute atomic E-state index is 12.0. The Morgan fingerprint density at radius 2 is 1.67 bits per heavy atom. The number of anilines is 2. The molecule has 0 spiro atoms. The summed E-state index contributed by atoms with van der Waals surface area (Å²) in [5.41, 5.74) is 1.92. The fourth-order valence-corrected chi connectivity index (χ4v) is 1.90. The van der Waals surface area contributed by atoms with Gasteiger partial charge in [0, 0.05) is 29.1 Å². The first-order valence-electron chi connectivity index (χ1n) is 7.27. The predicted molar refractivity (Wildman–Crippen MR) is 91.7 cm³/mol. The zero-order chi connectivity index (χ0) is 17.5. The highest BCUT2D eigenvalue weighted by Gasteiger charge is 2.08. The summed E-state index contributed by atoms with van der Waals surface area (Å²) in [5, 5.41) is 5.28. The fraction of sp³-hybridized carbons (Fsp3) is 0.111. The minimum absolute atomic E-state index is 0.0457. The highest BCUT2D eigenvalue weighted by atomic mass is 16.2. The molecular weight excluding hydrogens is 306 g/mol. The number of benzene rings is 1. The Bertz CT molecular complexity index is 781. The van der Waals surface area contributed by atoms with Crippen molar-refractivity contribution in [2.45, 2.75) is 13.8 Å². The number of amides is 2. The molecular formula is C18H17N3O3. The molecule has 122 valence electrons. The van der Waals surface area contributed by atoms with Crippen molar-refractivity contribution < 1.29 is 14.4 Å². The van der Waals surface area contributed by atoms with Gasteiger partial charge in [0.15, 0.2) is 5.78 Å². The number of pyridine rings is 1.